The molecule has 34 heavy (non-hydrogen) atoms. The van der Waals surface area contributed by atoms with E-state index < -0.39 is 5.82 Å². The van der Waals surface area contributed by atoms with Gasteiger partial charge in [-0.3, -0.25) is 9.20 Å². The maximum atomic E-state index is 14.5. The number of hydrogen-bond donors (Lipinski definition) is 2. The average molecular weight is 481 g/mol. The lowest BCUT2D eigenvalue weighted by molar-refractivity contribution is 0.0947. The quantitative estimate of drug-likeness (QED) is 0.452. The molecule has 9 heteroatoms. The number of aryl methyl sites for hydroxylation is 1. The second-order valence-electron chi connectivity index (χ2n) is 9.07. The van der Waals surface area contributed by atoms with Crippen molar-refractivity contribution >= 4 is 24.0 Å². The number of halogens is 2. The van der Waals surface area contributed by atoms with Crippen LogP contribution in [0.1, 0.15) is 46.7 Å². The summed E-state index contributed by atoms with van der Waals surface area (Å²) in [6.45, 7) is 3.87. The molecule has 7 nitrogen and oxygen atoms in total. The predicted molar refractivity (Wildman–Crippen MR) is 130 cm³/mol. The Hall–Kier alpha value is -3.23. The molecule has 4 heterocycles. The van der Waals surface area contributed by atoms with Gasteiger partial charge in [0, 0.05) is 30.5 Å². The minimum Gasteiger partial charge on any atom is -0.349 e. The molecule has 4 aromatic rings. The Morgan fingerprint density at radius 2 is 2.03 bits per heavy atom. The van der Waals surface area contributed by atoms with E-state index in [1.54, 1.807) is 23.1 Å². The van der Waals surface area contributed by atoms with Gasteiger partial charge in [0.15, 0.2) is 5.82 Å². The van der Waals surface area contributed by atoms with Crippen molar-refractivity contribution in [1.82, 2.24) is 29.8 Å². The molecule has 2 aliphatic rings. The highest BCUT2D eigenvalue weighted by Crippen LogP contribution is 2.29. The molecule has 1 saturated carbocycles. The molecular formula is C25H26ClFN6O. The number of amides is 1. The van der Waals surface area contributed by atoms with Gasteiger partial charge in [0.2, 0.25) is 0 Å². The third-order valence-electron chi connectivity index (χ3n) is 6.64. The predicted octanol–water partition coefficient (Wildman–Crippen LogP) is 4.03. The summed E-state index contributed by atoms with van der Waals surface area (Å²) in [4.78, 5) is 17.0. The van der Waals surface area contributed by atoms with Gasteiger partial charge in [0.1, 0.15) is 11.5 Å². The van der Waals surface area contributed by atoms with Gasteiger partial charge in [-0.05, 0) is 73.5 Å². The number of carbonyl (C=O) groups excluding carboxylic acids is 1. The van der Waals surface area contributed by atoms with Gasteiger partial charge in [-0.15, -0.1) is 12.4 Å². The maximum absolute atomic E-state index is 14.5. The van der Waals surface area contributed by atoms with Crippen LogP contribution in [-0.4, -0.2) is 44.2 Å². The minimum absolute atomic E-state index is 0. The number of imidazole rings is 1. The molecule has 1 aliphatic heterocycles. The second kappa shape index (κ2) is 8.85. The molecule has 176 valence electrons. The van der Waals surface area contributed by atoms with Crippen LogP contribution >= 0.6 is 12.4 Å². The smallest absolute Gasteiger partial charge is 0.254 e. The van der Waals surface area contributed by atoms with Crippen LogP contribution in [0, 0.1) is 12.7 Å². The van der Waals surface area contributed by atoms with Crippen molar-refractivity contribution in [3.63, 3.8) is 0 Å². The Balaban J connectivity index is 0.00000241. The number of carbonyl (C=O) groups is 1. The molecule has 1 aromatic carbocycles. The van der Waals surface area contributed by atoms with Gasteiger partial charge in [-0.1, -0.05) is 6.07 Å². The van der Waals surface area contributed by atoms with Crippen molar-refractivity contribution in [2.45, 2.75) is 38.1 Å². The summed E-state index contributed by atoms with van der Waals surface area (Å²) >= 11 is 0. The first-order chi connectivity index (χ1) is 16.1. The zero-order valence-corrected chi connectivity index (χ0v) is 19.6. The number of benzene rings is 1. The number of fused-ring (bicyclic) bond motifs is 1. The molecule has 1 saturated heterocycles. The Morgan fingerprint density at radius 1 is 1.18 bits per heavy atom. The van der Waals surface area contributed by atoms with Crippen molar-refractivity contribution < 1.29 is 9.18 Å². The zero-order valence-electron chi connectivity index (χ0n) is 18.8. The van der Waals surface area contributed by atoms with Gasteiger partial charge < -0.3 is 10.6 Å². The second-order valence-corrected chi connectivity index (χ2v) is 9.07. The Morgan fingerprint density at radius 3 is 2.79 bits per heavy atom. The van der Waals surface area contributed by atoms with E-state index in [1.807, 2.05) is 19.2 Å². The topological polar surface area (TPSA) is 76.2 Å². The van der Waals surface area contributed by atoms with E-state index in [-0.39, 0.29) is 29.9 Å². The van der Waals surface area contributed by atoms with Crippen LogP contribution in [0.4, 0.5) is 4.39 Å². The summed E-state index contributed by atoms with van der Waals surface area (Å²) in [5, 5.41) is 10.8. The van der Waals surface area contributed by atoms with E-state index in [1.165, 1.54) is 11.6 Å². The first kappa shape index (κ1) is 22.6. The lowest BCUT2D eigenvalue weighted by atomic mass is 9.99. The van der Waals surface area contributed by atoms with Crippen LogP contribution in [0.5, 0.6) is 0 Å². The Labute approximate surface area is 202 Å². The van der Waals surface area contributed by atoms with E-state index in [4.69, 9.17) is 0 Å². The SMILES string of the molecule is Cc1cc(F)c(C(=O)NC2CC2)cc1-c1cnn(-c2cnc3ccc([C@H]4CCNC4)cn23)c1.Cl. The normalized spacial score (nSPS) is 17.6. The summed E-state index contributed by atoms with van der Waals surface area (Å²) in [5.41, 5.74) is 4.56. The van der Waals surface area contributed by atoms with Crippen LogP contribution in [0.25, 0.3) is 22.6 Å². The van der Waals surface area contributed by atoms with E-state index >= 15 is 0 Å². The van der Waals surface area contributed by atoms with Crippen LogP contribution in [0.15, 0.2) is 49.1 Å². The molecule has 2 fully saturated rings. The number of aromatic nitrogens is 4. The van der Waals surface area contributed by atoms with Crippen molar-refractivity contribution in [3.8, 4) is 16.9 Å². The monoisotopic (exact) mass is 480 g/mol. The Kier molecular flexibility index (Phi) is 5.87. The highest BCUT2D eigenvalue weighted by molar-refractivity contribution is 5.96. The number of pyridine rings is 1. The number of rotatable bonds is 5. The number of nitrogens with one attached hydrogen (secondary N) is 2. The van der Waals surface area contributed by atoms with E-state index in [0.717, 1.165) is 60.5 Å². The molecule has 1 amide bonds. The highest BCUT2D eigenvalue weighted by atomic mass is 35.5. The molecule has 1 aliphatic carbocycles. The van der Waals surface area contributed by atoms with E-state index in [0.29, 0.717) is 5.92 Å². The molecule has 2 N–H and O–H groups in total. The highest BCUT2D eigenvalue weighted by Gasteiger charge is 2.26. The van der Waals surface area contributed by atoms with Crippen LogP contribution in [0.2, 0.25) is 0 Å². The maximum Gasteiger partial charge on any atom is 0.254 e. The fourth-order valence-electron chi connectivity index (χ4n) is 4.57. The Bertz CT molecular complexity index is 1370. The fourth-order valence-corrected chi connectivity index (χ4v) is 4.57. The lowest BCUT2D eigenvalue weighted by Gasteiger charge is -2.10. The molecule has 0 radical (unpaired) electrons. The summed E-state index contributed by atoms with van der Waals surface area (Å²) < 4.78 is 18.4. The summed E-state index contributed by atoms with van der Waals surface area (Å²) in [6, 6.07) is 7.41. The first-order valence-electron chi connectivity index (χ1n) is 11.4. The van der Waals surface area contributed by atoms with Crippen LogP contribution < -0.4 is 10.6 Å². The molecular weight excluding hydrogens is 455 g/mol. The molecule has 3 aromatic heterocycles. The van der Waals surface area contributed by atoms with Crippen molar-refractivity contribution in [3.05, 3.63) is 71.6 Å². The minimum atomic E-state index is -0.502. The summed E-state index contributed by atoms with van der Waals surface area (Å²) in [6.07, 6.45) is 10.6. The third-order valence-corrected chi connectivity index (χ3v) is 6.64. The lowest BCUT2D eigenvalue weighted by Crippen LogP contribution is -2.26. The van der Waals surface area contributed by atoms with Gasteiger partial charge in [0.05, 0.1) is 18.0 Å². The molecule has 0 bridgehead atoms. The summed E-state index contributed by atoms with van der Waals surface area (Å²) in [7, 11) is 0. The van der Waals surface area contributed by atoms with Gasteiger partial charge in [-0.2, -0.15) is 5.10 Å². The number of hydrogen-bond acceptors (Lipinski definition) is 4. The van der Waals surface area contributed by atoms with Crippen molar-refractivity contribution in [1.29, 1.82) is 0 Å². The van der Waals surface area contributed by atoms with E-state index in [9.17, 15) is 9.18 Å². The molecule has 1 atom stereocenters. The van der Waals surface area contributed by atoms with Crippen LogP contribution in [0.3, 0.4) is 0 Å². The van der Waals surface area contributed by atoms with Gasteiger partial charge in [-0.25, -0.2) is 14.1 Å². The molecule has 6 rings (SSSR count). The first-order valence-corrected chi connectivity index (χ1v) is 11.4. The van der Waals surface area contributed by atoms with Gasteiger partial charge in [0.25, 0.3) is 5.91 Å². The third kappa shape index (κ3) is 4.08. The standard InChI is InChI=1S/C25H25FN6O.ClH/c1-15-8-22(26)21(25(33)30-19-3-4-19)9-20(15)18-11-29-32(14-18)24-12-28-23-5-2-17(13-31(23)24)16-6-7-27-10-16;/h2,5,8-9,11-14,16,19,27H,3-4,6-7,10H2,1H3,(H,30,33);1H/t16-;/m0./s1. The summed E-state index contributed by atoms with van der Waals surface area (Å²) in [5.74, 6) is 0.465. The fraction of sp³-hybridized carbons (Fsp3) is 0.320. The van der Waals surface area contributed by atoms with E-state index in [2.05, 4.69) is 37.4 Å². The van der Waals surface area contributed by atoms with Crippen molar-refractivity contribution in [2.75, 3.05) is 13.1 Å². The largest absolute Gasteiger partial charge is 0.349 e. The average Bonchev–Trinajstić information content (AvgIpc) is 3.22. The number of nitrogens with zero attached hydrogens (tertiary/aromatic N) is 4. The zero-order chi connectivity index (χ0) is 22.5. The van der Waals surface area contributed by atoms with Crippen molar-refractivity contribution in [2.24, 2.45) is 0 Å². The van der Waals surface area contributed by atoms with Gasteiger partial charge >= 0.3 is 0 Å². The molecule has 0 spiro atoms. The molecule has 0 unspecified atom stereocenters. The van der Waals surface area contributed by atoms with Crippen LogP contribution in [-0.2, 0) is 0 Å².